The molecule has 3 rings (SSSR count). The van der Waals surface area contributed by atoms with Crippen molar-refractivity contribution in [2.45, 2.75) is 32.4 Å². The van der Waals surface area contributed by atoms with Gasteiger partial charge in [0.05, 0.1) is 25.0 Å². The number of aryl methyl sites for hydroxylation is 1. The lowest BCUT2D eigenvalue weighted by atomic mass is 10.2. The number of carbonyl (C=O) groups is 3. The highest BCUT2D eigenvalue weighted by atomic mass is 32.1. The smallest absolute Gasteiger partial charge is 0.360 e. The third-order valence-electron chi connectivity index (χ3n) is 4.50. The van der Waals surface area contributed by atoms with Gasteiger partial charge < -0.3 is 15.0 Å². The van der Waals surface area contributed by atoms with Gasteiger partial charge in [0.1, 0.15) is 6.04 Å². The zero-order valence-electron chi connectivity index (χ0n) is 14.8. The highest BCUT2D eigenvalue weighted by Crippen LogP contribution is 2.26. The predicted molar refractivity (Wildman–Crippen MR) is 95.8 cm³/mol. The van der Waals surface area contributed by atoms with Crippen molar-refractivity contribution < 1.29 is 19.1 Å². The number of carbonyl (C=O) groups excluding carboxylic acids is 3. The lowest BCUT2D eigenvalue weighted by Crippen LogP contribution is -2.41. The van der Waals surface area contributed by atoms with E-state index >= 15 is 0 Å². The summed E-state index contributed by atoms with van der Waals surface area (Å²) in [7, 11) is 2.94. The molecule has 1 N–H and O–H groups in total. The third kappa shape index (κ3) is 3.34. The number of ether oxygens (including phenoxy) is 1. The molecule has 0 saturated carbocycles. The van der Waals surface area contributed by atoms with Crippen LogP contribution in [0.5, 0.6) is 0 Å². The Labute approximate surface area is 154 Å². The first-order valence-corrected chi connectivity index (χ1v) is 9.05. The molecule has 9 heteroatoms. The maximum absolute atomic E-state index is 12.8. The first-order valence-electron chi connectivity index (χ1n) is 8.17. The van der Waals surface area contributed by atoms with E-state index in [1.807, 2.05) is 17.5 Å². The number of aromatic nitrogens is 2. The molecule has 0 spiro atoms. The summed E-state index contributed by atoms with van der Waals surface area (Å²) in [5, 5.41) is 8.81. The molecule has 0 bridgehead atoms. The molecule has 1 unspecified atom stereocenters. The molecule has 1 saturated heterocycles. The number of hydrogen-bond donors (Lipinski definition) is 1. The quantitative estimate of drug-likeness (QED) is 0.802. The van der Waals surface area contributed by atoms with E-state index in [0.717, 1.165) is 4.88 Å². The van der Waals surface area contributed by atoms with E-state index in [1.54, 1.807) is 30.2 Å². The molecule has 1 fully saturated rings. The number of methoxy groups -OCH3 is 1. The molecule has 2 amide bonds. The number of nitrogens with zero attached hydrogens (tertiary/aromatic N) is 3. The molecule has 1 aliphatic heterocycles. The van der Waals surface area contributed by atoms with Gasteiger partial charge in [-0.2, -0.15) is 5.10 Å². The van der Waals surface area contributed by atoms with Crippen LogP contribution in [0.15, 0.2) is 17.5 Å². The lowest BCUT2D eigenvalue weighted by Gasteiger charge is -2.23. The summed E-state index contributed by atoms with van der Waals surface area (Å²) in [5.41, 5.74) is 1.00. The Morgan fingerprint density at radius 2 is 2.23 bits per heavy atom. The van der Waals surface area contributed by atoms with Gasteiger partial charge in [-0.1, -0.05) is 6.07 Å². The normalized spacial score (nSPS) is 16.8. The van der Waals surface area contributed by atoms with Crippen LogP contribution in [-0.4, -0.2) is 45.6 Å². The standard InChI is InChI=1S/C17H20N4O4S/c1-10-14(15(17(24)25-3)19-20(10)2)18-16(23)12-6-7-13(22)21(12)9-11-5-4-8-26-11/h4-5,8,12H,6-7,9H2,1-3H3,(H,18,23). The molecule has 26 heavy (non-hydrogen) atoms. The minimum Gasteiger partial charge on any atom is -0.464 e. The number of nitrogens with one attached hydrogen (secondary N) is 1. The van der Waals surface area contributed by atoms with E-state index in [4.69, 9.17) is 4.74 Å². The Morgan fingerprint density at radius 3 is 2.88 bits per heavy atom. The zero-order valence-corrected chi connectivity index (χ0v) is 15.6. The maximum Gasteiger partial charge on any atom is 0.360 e. The van der Waals surface area contributed by atoms with Crippen LogP contribution in [-0.2, 0) is 27.9 Å². The summed E-state index contributed by atoms with van der Waals surface area (Å²) < 4.78 is 6.24. The maximum atomic E-state index is 12.8. The fourth-order valence-corrected chi connectivity index (χ4v) is 3.68. The molecule has 2 aromatic rings. The number of amides is 2. The van der Waals surface area contributed by atoms with Crippen molar-refractivity contribution in [2.75, 3.05) is 12.4 Å². The summed E-state index contributed by atoms with van der Waals surface area (Å²) >= 11 is 1.54. The van der Waals surface area contributed by atoms with Gasteiger partial charge in [-0.15, -0.1) is 11.3 Å². The summed E-state index contributed by atoms with van der Waals surface area (Å²) in [6, 6.07) is 3.28. The van der Waals surface area contributed by atoms with Crippen LogP contribution in [0.4, 0.5) is 5.69 Å². The SMILES string of the molecule is COC(=O)c1nn(C)c(C)c1NC(=O)C1CCC(=O)N1Cc1cccs1. The molecule has 8 nitrogen and oxygen atoms in total. The van der Waals surface area contributed by atoms with E-state index in [0.29, 0.717) is 30.8 Å². The number of thiophene rings is 1. The second kappa shape index (κ2) is 7.28. The van der Waals surface area contributed by atoms with Crippen molar-refractivity contribution in [1.82, 2.24) is 14.7 Å². The minimum atomic E-state index is -0.623. The van der Waals surface area contributed by atoms with Gasteiger partial charge in [-0.3, -0.25) is 14.3 Å². The largest absolute Gasteiger partial charge is 0.464 e. The molecule has 138 valence electrons. The van der Waals surface area contributed by atoms with Gasteiger partial charge in [0, 0.05) is 18.3 Å². The van der Waals surface area contributed by atoms with Crippen LogP contribution < -0.4 is 5.32 Å². The Morgan fingerprint density at radius 1 is 1.46 bits per heavy atom. The van der Waals surface area contributed by atoms with Crippen molar-refractivity contribution in [3.63, 3.8) is 0 Å². The average Bonchev–Trinajstić information content (AvgIpc) is 3.32. The predicted octanol–water partition coefficient (Wildman–Crippen LogP) is 1.71. The molecular formula is C17H20N4O4S. The monoisotopic (exact) mass is 376 g/mol. The first kappa shape index (κ1) is 18.1. The number of anilines is 1. The molecular weight excluding hydrogens is 356 g/mol. The molecule has 0 aliphatic carbocycles. The molecule has 0 radical (unpaired) electrons. The van der Waals surface area contributed by atoms with Crippen LogP contribution >= 0.6 is 11.3 Å². The molecule has 0 aromatic carbocycles. The lowest BCUT2D eigenvalue weighted by molar-refractivity contribution is -0.133. The van der Waals surface area contributed by atoms with Crippen molar-refractivity contribution >= 4 is 34.8 Å². The van der Waals surface area contributed by atoms with Crippen LogP contribution in [0.2, 0.25) is 0 Å². The van der Waals surface area contributed by atoms with Crippen LogP contribution in [0.3, 0.4) is 0 Å². The van der Waals surface area contributed by atoms with Crippen LogP contribution in [0.1, 0.15) is 33.9 Å². The summed E-state index contributed by atoms with van der Waals surface area (Å²) in [4.78, 5) is 39.6. The Kier molecular flexibility index (Phi) is 5.08. The van der Waals surface area contributed by atoms with E-state index in [1.165, 1.54) is 11.8 Å². The van der Waals surface area contributed by atoms with Crippen LogP contribution in [0, 0.1) is 6.92 Å². The Hall–Kier alpha value is -2.68. The number of esters is 1. The second-order valence-electron chi connectivity index (χ2n) is 6.07. The number of rotatable bonds is 5. The highest BCUT2D eigenvalue weighted by Gasteiger charge is 2.37. The van der Waals surface area contributed by atoms with Gasteiger partial charge >= 0.3 is 5.97 Å². The second-order valence-corrected chi connectivity index (χ2v) is 7.10. The van der Waals surface area contributed by atoms with Gasteiger partial charge in [0.2, 0.25) is 11.8 Å². The number of likely N-dealkylation sites (tertiary alicyclic amines) is 1. The Balaban J connectivity index is 1.81. The van der Waals surface area contributed by atoms with Crippen LogP contribution in [0.25, 0.3) is 0 Å². The highest BCUT2D eigenvalue weighted by molar-refractivity contribution is 7.09. The van der Waals surface area contributed by atoms with Gasteiger partial charge in [-0.05, 0) is 24.8 Å². The van der Waals surface area contributed by atoms with Gasteiger partial charge in [0.15, 0.2) is 5.69 Å². The molecule has 1 atom stereocenters. The van der Waals surface area contributed by atoms with E-state index < -0.39 is 12.0 Å². The molecule has 2 aromatic heterocycles. The van der Waals surface area contributed by atoms with Crippen molar-refractivity contribution in [2.24, 2.45) is 7.05 Å². The van der Waals surface area contributed by atoms with Crippen molar-refractivity contribution in [3.05, 3.63) is 33.8 Å². The van der Waals surface area contributed by atoms with E-state index in [9.17, 15) is 14.4 Å². The van der Waals surface area contributed by atoms with E-state index in [2.05, 4.69) is 10.4 Å². The topological polar surface area (TPSA) is 93.5 Å². The molecule has 1 aliphatic rings. The third-order valence-corrected chi connectivity index (χ3v) is 5.36. The number of hydrogen-bond acceptors (Lipinski definition) is 6. The minimum absolute atomic E-state index is 0.0466. The fraction of sp³-hybridized carbons (Fsp3) is 0.412. The van der Waals surface area contributed by atoms with Crippen molar-refractivity contribution in [3.8, 4) is 0 Å². The average molecular weight is 376 g/mol. The zero-order chi connectivity index (χ0) is 18.8. The summed E-state index contributed by atoms with van der Waals surface area (Å²) in [6.45, 7) is 2.16. The van der Waals surface area contributed by atoms with Crippen molar-refractivity contribution in [1.29, 1.82) is 0 Å². The van der Waals surface area contributed by atoms with Gasteiger partial charge in [0.25, 0.3) is 0 Å². The van der Waals surface area contributed by atoms with Gasteiger partial charge in [-0.25, -0.2) is 4.79 Å². The first-order chi connectivity index (χ1) is 12.4. The summed E-state index contributed by atoms with van der Waals surface area (Å²) in [5.74, 6) is -0.995. The Bertz CT molecular complexity index is 843. The molecule has 3 heterocycles. The van der Waals surface area contributed by atoms with E-state index in [-0.39, 0.29) is 17.5 Å². The summed E-state index contributed by atoms with van der Waals surface area (Å²) in [6.07, 6.45) is 0.780. The fourth-order valence-electron chi connectivity index (χ4n) is 2.98.